The molecule has 1 saturated carbocycles. The van der Waals surface area contributed by atoms with E-state index in [0.717, 1.165) is 26.9 Å². The lowest BCUT2D eigenvalue weighted by Gasteiger charge is -2.16. The van der Waals surface area contributed by atoms with Crippen molar-refractivity contribution >= 4 is 44.7 Å². The number of thiophene rings is 1. The second kappa shape index (κ2) is 16.9. The lowest BCUT2D eigenvalue weighted by atomic mass is 10.0. The molecule has 11 nitrogen and oxygen atoms in total. The Morgan fingerprint density at radius 2 is 1.55 bits per heavy atom. The van der Waals surface area contributed by atoms with Gasteiger partial charge in [-0.25, -0.2) is 8.78 Å². The summed E-state index contributed by atoms with van der Waals surface area (Å²) >= 11 is 1.43. The van der Waals surface area contributed by atoms with Crippen molar-refractivity contribution in [1.29, 1.82) is 0 Å². The molecule has 0 bridgehead atoms. The third-order valence-corrected chi connectivity index (χ3v) is 9.30. The molecular weight excluding hydrogens is 680 g/mol. The number of hydrogen-bond acceptors (Lipinski definition) is 10. The van der Waals surface area contributed by atoms with Crippen LogP contribution in [-0.4, -0.2) is 68.5 Å². The first-order valence-electron chi connectivity index (χ1n) is 16.4. The number of methoxy groups -OCH3 is 1. The van der Waals surface area contributed by atoms with E-state index >= 15 is 4.39 Å². The van der Waals surface area contributed by atoms with E-state index in [1.54, 1.807) is 19.4 Å². The lowest BCUT2D eigenvalue weighted by Crippen LogP contribution is -2.35. The van der Waals surface area contributed by atoms with Crippen LogP contribution in [0, 0.1) is 17.0 Å². The molecule has 0 saturated heterocycles. The predicted octanol–water partition coefficient (Wildman–Crippen LogP) is 6.56. The molecule has 2 aromatic carbocycles. The molecule has 0 unspecified atom stereocenters. The van der Waals surface area contributed by atoms with E-state index in [0.29, 0.717) is 75.9 Å². The standard InChI is InChI=1S/C37H37F2N5O6S/c1-47-16-17-49-19-18-48-15-14-40-22-24-2-8-29(42-23-24)33-21-30-34(51-33)32(10-13-41-30)50-31-9-7-27(20-28(31)39)44-36(46)37(11-12-37)35(45)43-26-5-3-25(38)4-6-26/h2-10,13,20-21,23,40H,11-12,14-19,22H2,1H3,(H,43,45)(H,44,46). The van der Waals surface area contributed by atoms with Crippen LogP contribution >= 0.6 is 11.3 Å². The normalized spacial score (nSPS) is 13.2. The second-order valence-electron chi connectivity index (χ2n) is 11.8. The van der Waals surface area contributed by atoms with Crippen LogP contribution in [0.3, 0.4) is 0 Å². The van der Waals surface area contributed by atoms with E-state index in [1.165, 1.54) is 47.7 Å². The maximum absolute atomic E-state index is 15.3. The predicted molar refractivity (Wildman–Crippen MR) is 190 cm³/mol. The summed E-state index contributed by atoms with van der Waals surface area (Å²) in [6, 6.07) is 16.9. The van der Waals surface area contributed by atoms with Gasteiger partial charge in [0.1, 0.15) is 17.0 Å². The number of amides is 2. The van der Waals surface area contributed by atoms with Crippen molar-refractivity contribution in [2.45, 2.75) is 19.4 Å². The number of nitrogens with one attached hydrogen (secondary N) is 3. The lowest BCUT2D eigenvalue weighted by molar-refractivity contribution is -0.131. The number of halogens is 2. The van der Waals surface area contributed by atoms with Gasteiger partial charge in [0, 0.05) is 56.1 Å². The van der Waals surface area contributed by atoms with Gasteiger partial charge in [-0.05, 0) is 66.9 Å². The first kappa shape index (κ1) is 35.9. The number of carbonyl (C=O) groups is 2. The second-order valence-corrected chi connectivity index (χ2v) is 12.9. The Labute approximate surface area is 297 Å². The molecular formula is C37H37F2N5O6S. The molecule has 0 radical (unpaired) electrons. The minimum Gasteiger partial charge on any atom is -0.453 e. The van der Waals surface area contributed by atoms with Gasteiger partial charge in [-0.2, -0.15) is 0 Å². The van der Waals surface area contributed by atoms with Gasteiger partial charge in [-0.15, -0.1) is 11.3 Å². The van der Waals surface area contributed by atoms with Gasteiger partial charge in [-0.1, -0.05) is 6.07 Å². The van der Waals surface area contributed by atoms with Crippen molar-refractivity contribution in [1.82, 2.24) is 15.3 Å². The molecule has 1 aliphatic carbocycles. The minimum atomic E-state index is -1.28. The zero-order valence-electron chi connectivity index (χ0n) is 27.9. The van der Waals surface area contributed by atoms with E-state index in [2.05, 4.69) is 25.9 Å². The largest absolute Gasteiger partial charge is 0.453 e. The van der Waals surface area contributed by atoms with E-state index in [9.17, 15) is 14.0 Å². The maximum Gasteiger partial charge on any atom is 0.240 e. The smallest absolute Gasteiger partial charge is 0.240 e. The van der Waals surface area contributed by atoms with Crippen LogP contribution < -0.4 is 20.7 Å². The highest BCUT2D eigenvalue weighted by Crippen LogP contribution is 2.48. The van der Waals surface area contributed by atoms with Crippen LogP contribution in [0.1, 0.15) is 18.4 Å². The van der Waals surface area contributed by atoms with Crippen molar-refractivity contribution < 1.29 is 37.3 Å². The third-order valence-electron chi connectivity index (χ3n) is 8.14. The summed E-state index contributed by atoms with van der Waals surface area (Å²) in [6.45, 7) is 4.11. The summed E-state index contributed by atoms with van der Waals surface area (Å²) in [5.41, 5.74) is 1.77. The fraction of sp³-hybridized carbons (Fsp3) is 0.297. The van der Waals surface area contributed by atoms with Crippen molar-refractivity contribution in [3.63, 3.8) is 0 Å². The fourth-order valence-electron chi connectivity index (χ4n) is 5.13. The highest BCUT2D eigenvalue weighted by Gasteiger charge is 2.56. The monoisotopic (exact) mass is 717 g/mol. The third kappa shape index (κ3) is 9.28. The van der Waals surface area contributed by atoms with Crippen molar-refractivity contribution in [3.05, 3.63) is 96.3 Å². The van der Waals surface area contributed by atoms with Gasteiger partial charge in [0.25, 0.3) is 0 Å². The molecule has 3 N–H and O–H groups in total. The van der Waals surface area contributed by atoms with E-state index in [1.807, 2.05) is 24.4 Å². The van der Waals surface area contributed by atoms with Crippen molar-refractivity contribution in [2.75, 3.05) is 57.3 Å². The van der Waals surface area contributed by atoms with E-state index in [4.69, 9.17) is 18.9 Å². The highest BCUT2D eigenvalue weighted by atomic mass is 32.1. The number of rotatable bonds is 18. The van der Waals surface area contributed by atoms with E-state index in [-0.39, 0.29) is 11.4 Å². The number of ether oxygens (including phenoxy) is 4. The average molecular weight is 718 g/mol. The Kier molecular flexibility index (Phi) is 11.9. The number of anilines is 2. The molecule has 51 heavy (non-hydrogen) atoms. The first-order valence-corrected chi connectivity index (χ1v) is 17.2. The topological polar surface area (TPSA) is 133 Å². The van der Waals surface area contributed by atoms with Gasteiger partial charge in [-0.3, -0.25) is 19.6 Å². The Morgan fingerprint density at radius 3 is 2.25 bits per heavy atom. The van der Waals surface area contributed by atoms with Crippen molar-refractivity contribution in [2.24, 2.45) is 5.41 Å². The van der Waals surface area contributed by atoms with Gasteiger partial charge in [0.15, 0.2) is 11.6 Å². The SMILES string of the molecule is COCCOCCOCCNCc1ccc(-c2cc3nccc(Oc4ccc(NC(=O)C5(C(=O)Nc6ccc(F)cc6)CC5)cc4F)c3s2)nc1. The van der Waals surface area contributed by atoms with Crippen LogP contribution in [0.2, 0.25) is 0 Å². The Bertz CT molecular complexity index is 1950. The number of pyridine rings is 2. The number of hydrogen-bond donors (Lipinski definition) is 3. The molecule has 266 valence electrons. The minimum absolute atomic E-state index is 0.0403. The summed E-state index contributed by atoms with van der Waals surface area (Å²) in [7, 11) is 1.64. The fourth-order valence-corrected chi connectivity index (χ4v) is 6.18. The summed E-state index contributed by atoms with van der Waals surface area (Å²) in [4.78, 5) is 35.9. The van der Waals surface area contributed by atoms with Crippen LogP contribution in [0.15, 0.2) is 79.1 Å². The Morgan fingerprint density at radius 1 is 0.824 bits per heavy atom. The molecule has 0 aliphatic heterocycles. The summed E-state index contributed by atoms with van der Waals surface area (Å²) in [5, 5.41) is 8.64. The van der Waals surface area contributed by atoms with Crippen LogP contribution in [0.25, 0.3) is 20.8 Å². The number of aromatic nitrogens is 2. The molecule has 3 heterocycles. The zero-order chi connectivity index (χ0) is 35.6. The van der Waals surface area contributed by atoms with Gasteiger partial charge >= 0.3 is 0 Å². The quantitative estimate of drug-likeness (QED) is 0.0682. The number of benzene rings is 2. The first-order chi connectivity index (χ1) is 24.8. The molecule has 0 spiro atoms. The molecule has 0 atom stereocenters. The Hall–Kier alpha value is -4.86. The molecule has 1 fully saturated rings. The number of fused-ring (bicyclic) bond motifs is 1. The molecule has 14 heteroatoms. The molecule has 2 amide bonds. The van der Waals surface area contributed by atoms with Gasteiger partial charge in [0.05, 0.1) is 53.8 Å². The average Bonchev–Trinajstić information content (AvgIpc) is 3.84. The maximum atomic E-state index is 15.3. The van der Waals surface area contributed by atoms with Crippen LogP contribution in [0.4, 0.5) is 20.2 Å². The molecule has 6 rings (SSSR count). The molecule has 3 aromatic heterocycles. The van der Waals surface area contributed by atoms with Crippen molar-refractivity contribution in [3.8, 4) is 22.1 Å². The zero-order valence-corrected chi connectivity index (χ0v) is 28.7. The van der Waals surface area contributed by atoms with Crippen LogP contribution in [-0.2, 0) is 30.3 Å². The molecule has 5 aromatic rings. The summed E-state index contributed by atoms with van der Waals surface area (Å²) < 4.78 is 51.1. The van der Waals surface area contributed by atoms with Gasteiger partial charge in [0.2, 0.25) is 11.8 Å². The summed E-state index contributed by atoms with van der Waals surface area (Å²) in [6.07, 6.45) is 4.10. The number of nitrogens with zero attached hydrogens (tertiary/aromatic N) is 2. The molecule has 1 aliphatic rings. The summed E-state index contributed by atoms with van der Waals surface area (Å²) in [5.74, 6) is -1.79. The highest BCUT2D eigenvalue weighted by molar-refractivity contribution is 7.22. The van der Waals surface area contributed by atoms with Crippen LogP contribution in [0.5, 0.6) is 11.5 Å². The number of carbonyl (C=O) groups excluding carboxylic acids is 2. The Balaban J connectivity index is 1.02. The van der Waals surface area contributed by atoms with Gasteiger partial charge < -0.3 is 34.9 Å². The van der Waals surface area contributed by atoms with E-state index < -0.39 is 28.9 Å².